The van der Waals surface area contributed by atoms with E-state index in [4.69, 9.17) is 0 Å². The van der Waals surface area contributed by atoms with Crippen LogP contribution < -0.4 is 9.99 Å². The Labute approximate surface area is 132 Å². The Morgan fingerprint density at radius 3 is 2.91 bits per heavy atom. The van der Waals surface area contributed by atoms with Crippen molar-refractivity contribution in [2.75, 3.05) is 27.2 Å². The van der Waals surface area contributed by atoms with Gasteiger partial charge < -0.3 is 10.3 Å². The predicted octanol–water partition coefficient (Wildman–Crippen LogP) is 1.44. The number of aryl methyl sites for hydroxylation is 1. The van der Waals surface area contributed by atoms with Crippen LogP contribution in [0.15, 0.2) is 17.4 Å². The zero-order valence-corrected chi connectivity index (χ0v) is 14.3. The van der Waals surface area contributed by atoms with E-state index in [2.05, 4.69) is 56.9 Å². The third-order valence-electron chi connectivity index (χ3n) is 3.84. The molecule has 0 saturated carbocycles. The van der Waals surface area contributed by atoms with Crippen LogP contribution in [0.5, 0.6) is 0 Å². The lowest BCUT2D eigenvalue weighted by Gasteiger charge is -2.14. The van der Waals surface area contributed by atoms with E-state index in [0.717, 1.165) is 42.3 Å². The number of hydrazone groups is 1. The van der Waals surface area contributed by atoms with Crippen molar-refractivity contribution in [2.24, 2.45) is 5.10 Å². The van der Waals surface area contributed by atoms with Crippen LogP contribution in [0.1, 0.15) is 31.7 Å². The number of hydrogen-bond donors (Lipinski definition) is 2. The lowest BCUT2D eigenvalue weighted by Crippen LogP contribution is -2.44. The number of imidazole rings is 1. The molecule has 0 saturated heterocycles. The van der Waals surface area contributed by atoms with E-state index in [-0.39, 0.29) is 0 Å². The molecule has 0 radical (unpaired) electrons. The maximum absolute atomic E-state index is 4.46. The first-order valence-electron chi connectivity index (χ1n) is 7.85. The minimum Gasteiger partial charge on any atom is -0.313 e. The van der Waals surface area contributed by atoms with Crippen LogP contribution in [0.2, 0.25) is 0 Å². The first-order chi connectivity index (χ1) is 10.6. The van der Waals surface area contributed by atoms with Crippen LogP contribution in [0.25, 0.3) is 11.2 Å². The molecule has 0 unspecified atom stereocenters. The topological polar surface area (TPSA) is 60.2 Å². The molecule has 2 aromatic rings. The second-order valence-electron chi connectivity index (χ2n) is 5.67. The summed E-state index contributed by atoms with van der Waals surface area (Å²) in [4.78, 5) is 10.2. The number of likely N-dealkylation sites (N-methyl/N-ethyl adjacent to an activating group) is 1. The monoisotopic (exact) mass is 303 g/mol. The molecule has 2 aromatic heterocycles. The highest BCUT2D eigenvalue weighted by molar-refractivity contribution is 5.95. The number of aromatic amines is 1. The molecule has 0 fully saturated rings. The van der Waals surface area contributed by atoms with Crippen LogP contribution in [0, 0.1) is 6.92 Å². The fraction of sp³-hybridized carbons (Fsp3) is 0.562. The van der Waals surface area contributed by atoms with Gasteiger partial charge in [0.05, 0.1) is 0 Å². The van der Waals surface area contributed by atoms with Gasteiger partial charge in [-0.25, -0.2) is 14.5 Å². The van der Waals surface area contributed by atoms with Gasteiger partial charge in [0.25, 0.3) is 5.65 Å². The van der Waals surface area contributed by atoms with E-state index in [9.17, 15) is 0 Å². The molecule has 6 heteroatoms. The van der Waals surface area contributed by atoms with Gasteiger partial charge in [0.2, 0.25) is 0 Å². The molecule has 0 aliphatic heterocycles. The van der Waals surface area contributed by atoms with Gasteiger partial charge in [-0.15, -0.1) is 0 Å². The molecule has 6 nitrogen and oxygen atoms in total. The van der Waals surface area contributed by atoms with Crippen molar-refractivity contribution in [3.05, 3.63) is 23.7 Å². The van der Waals surface area contributed by atoms with Gasteiger partial charge in [0, 0.05) is 25.4 Å². The molecule has 0 spiro atoms. The minimum absolute atomic E-state index is 0.912. The number of rotatable bonds is 7. The molecule has 22 heavy (non-hydrogen) atoms. The largest absolute Gasteiger partial charge is 0.313 e. The van der Waals surface area contributed by atoms with Crippen LogP contribution in [0.4, 0.5) is 0 Å². The average Bonchev–Trinajstić information content (AvgIpc) is 2.86. The summed E-state index contributed by atoms with van der Waals surface area (Å²) < 4.78 is 2.29. The average molecular weight is 303 g/mol. The van der Waals surface area contributed by atoms with E-state index in [1.165, 1.54) is 12.0 Å². The van der Waals surface area contributed by atoms with E-state index in [1.54, 1.807) is 0 Å². The number of nitrogens with zero attached hydrogens (tertiary/aromatic N) is 4. The lowest BCUT2D eigenvalue weighted by atomic mass is 10.2. The van der Waals surface area contributed by atoms with Gasteiger partial charge in [-0.05, 0) is 39.9 Å². The Morgan fingerprint density at radius 1 is 1.45 bits per heavy atom. The van der Waals surface area contributed by atoms with Gasteiger partial charge in [-0.1, -0.05) is 6.92 Å². The number of nitrogens with one attached hydrogen (secondary N) is 2. The van der Waals surface area contributed by atoms with Crippen LogP contribution in [0.3, 0.4) is 0 Å². The number of pyridine rings is 1. The summed E-state index contributed by atoms with van der Waals surface area (Å²) in [5.41, 5.74) is 7.09. The van der Waals surface area contributed by atoms with Gasteiger partial charge >= 0.3 is 5.82 Å². The summed E-state index contributed by atoms with van der Waals surface area (Å²) >= 11 is 0. The maximum Gasteiger partial charge on any atom is 0.305 e. The molecule has 0 bridgehead atoms. The van der Waals surface area contributed by atoms with Crippen LogP contribution >= 0.6 is 0 Å². The van der Waals surface area contributed by atoms with Gasteiger partial charge in [0.15, 0.2) is 5.52 Å². The van der Waals surface area contributed by atoms with E-state index in [1.807, 2.05) is 20.2 Å². The molecule has 2 heterocycles. The molecular formula is C16H27N6+. The highest BCUT2D eigenvalue weighted by Gasteiger charge is 2.23. The Kier molecular flexibility index (Phi) is 5.49. The second kappa shape index (κ2) is 7.35. The first-order valence-corrected chi connectivity index (χ1v) is 7.85. The fourth-order valence-electron chi connectivity index (χ4n) is 2.77. The number of aromatic nitrogens is 3. The normalized spacial score (nSPS) is 12.4. The number of hydrogen-bond acceptors (Lipinski definition) is 4. The standard InChI is InChI=1S/C16H26N6/c1-6-9-21(5)10-11-22-14-12(2)7-8-18-15(14)19-16(22)13(3)20-17-4/h7-8H,6,9-11H2,1-5H3,(H,17,18,19)/p+1. The highest BCUT2D eigenvalue weighted by Crippen LogP contribution is 2.12. The molecule has 0 aliphatic rings. The van der Waals surface area contributed by atoms with Crippen molar-refractivity contribution < 1.29 is 4.57 Å². The van der Waals surface area contributed by atoms with Crippen LogP contribution in [-0.2, 0) is 6.54 Å². The molecule has 2 rings (SSSR count). The summed E-state index contributed by atoms with van der Waals surface area (Å²) in [6.07, 6.45) is 3.01. The first kappa shape index (κ1) is 16.4. The van der Waals surface area contributed by atoms with Crippen molar-refractivity contribution in [3.8, 4) is 0 Å². The third kappa shape index (κ3) is 3.44. The second-order valence-corrected chi connectivity index (χ2v) is 5.67. The van der Waals surface area contributed by atoms with Crippen LogP contribution in [-0.4, -0.2) is 47.8 Å². The highest BCUT2D eigenvalue weighted by atomic mass is 15.3. The summed E-state index contributed by atoms with van der Waals surface area (Å²) in [6, 6.07) is 2.05. The van der Waals surface area contributed by atoms with E-state index in [0.29, 0.717) is 0 Å². The number of H-pyrrole nitrogens is 1. The Morgan fingerprint density at radius 2 is 2.23 bits per heavy atom. The van der Waals surface area contributed by atoms with Crippen molar-refractivity contribution >= 4 is 16.9 Å². The molecule has 0 aromatic carbocycles. The van der Waals surface area contributed by atoms with Gasteiger partial charge in [-0.3, -0.25) is 0 Å². The van der Waals surface area contributed by atoms with Crippen molar-refractivity contribution in [1.82, 2.24) is 20.3 Å². The zero-order valence-electron chi connectivity index (χ0n) is 14.3. The summed E-state index contributed by atoms with van der Waals surface area (Å²) in [7, 11) is 3.98. The van der Waals surface area contributed by atoms with Gasteiger partial charge in [-0.2, -0.15) is 5.10 Å². The molecule has 0 aliphatic carbocycles. The van der Waals surface area contributed by atoms with Crippen molar-refractivity contribution in [1.29, 1.82) is 0 Å². The summed E-state index contributed by atoms with van der Waals surface area (Å²) in [6.45, 7) is 9.35. The maximum atomic E-state index is 4.46. The molecular weight excluding hydrogens is 276 g/mol. The third-order valence-corrected chi connectivity index (χ3v) is 3.84. The smallest absolute Gasteiger partial charge is 0.305 e. The molecule has 2 N–H and O–H groups in total. The van der Waals surface area contributed by atoms with Gasteiger partial charge in [0.1, 0.15) is 12.3 Å². The minimum atomic E-state index is 0.912. The number of fused-ring (bicyclic) bond motifs is 1. The SMILES string of the molecule is CCCN(C)CC[n+]1c(C(C)=NNC)[nH]c2nccc(C)c21. The quantitative estimate of drug-likeness (QED) is 0.462. The Bertz CT molecular complexity index is 658. The summed E-state index contributed by atoms with van der Waals surface area (Å²) in [5, 5.41) is 4.32. The Balaban J connectivity index is 2.43. The predicted molar refractivity (Wildman–Crippen MR) is 90.1 cm³/mol. The molecule has 0 amide bonds. The van der Waals surface area contributed by atoms with Crippen molar-refractivity contribution in [2.45, 2.75) is 33.7 Å². The van der Waals surface area contributed by atoms with E-state index < -0.39 is 0 Å². The molecule has 120 valence electrons. The zero-order chi connectivity index (χ0) is 16.1. The summed E-state index contributed by atoms with van der Waals surface area (Å²) in [5.74, 6) is 1.01. The lowest BCUT2D eigenvalue weighted by molar-refractivity contribution is -0.672. The van der Waals surface area contributed by atoms with Crippen molar-refractivity contribution in [3.63, 3.8) is 0 Å². The Hall–Kier alpha value is -1.95. The fourth-order valence-corrected chi connectivity index (χ4v) is 2.77. The van der Waals surface area contributed by atoms with E-state index >= 15 is 0 Å². The molecule has 0 atom stereocenters.